The molecule has 2 aromatic rings. The summed E-state index contributed by atoms with van der Waals surface area (Å²) in [6.07, 6.45) is 1.37. The topological polar surface area (TPSA) is 33.1 Å². The van der Waals surface area contributed by atoms with Gasteiger partial charge in [-0.15, -0.1) is 0 Å². The van der Waals surface area contributed by atoms with E-state index >= 15 is 0 Å². The molecule has 0 saturated heterocycles. The maximum Gasteiger partial charge on any atom is 0.133 e. The second-order valence-corrected chi connectivity index (χ2v) is 3.37. The molecule has 0 bridgehead atoms. The first kappa shape index (κ1) is 9.65. The molecule has 0 aliphatic heterocycles. The summed E-state index contributed by atoms with van der Waals surface area (Å²) in [4.78, 5) is 4.05. The van der Waals surface area contributed by atoms with Gasteiger partial charge < -0.3 is 5.11 Å². The van der Waals surface area contributed by atoms with Gasteiger partial charge in [0.1, 0.15) is 11.6 Å². The van der Waals surface area contributed by atoms with E-state index in [4.69, 9.17) is 5.11 Å². The number of hydrogen-bond acceptors (Lipinski definition) is 2. The molecule has 0 aliphatic carbocycles. The van der Waals surface area contributed by atoms with Crippen molar-refractivity contribution in [2.45, 2.75) is 6.92 Å². The lowest BCUT2D eigenvalue weighted by molar-refractivity contribution is 0.473. The van der Waals surface area contributed by atoms with Gasteiger partial charge in [0.15, 0.2) is 0 Å². The minimum Gasteiger partial charge on any atom is -0.506 e. The standard InChI is InChI=1S/C12H10FNO/c1-8-6-9(2-4-11(8)13)12-5-3-10(15)7-14-12/h2-7,15H,1H3. The third-order valence-electron chi connectivity index (χ3n) is 2.20. The van der Waals surface area contributed by atoms with E-state index in [1.165, 1.54) is 12.3 Å². The Morgan fingerprint density at radius 3 is 2.60 bits per heavy atom. The zero-order valence-electron chi connectivity index (χ0n) is 8.24. The first-order chi connectivity index (χ1) is 7.16. The molecular weight excluding hydrogens is 193 g/mol. The third kappa shape index (κ3) is 1.96. The van der Waals surface area contributed by atoms with Crippen LogP contribution in [0, 0.1) is 12.7 Å². The Labute approximate surface area is 87.0 Å². The monoisotopic (exact) mass is 203 g/mol. The molecule has 1 aromatic carbocycles. The van der Waals surface area contributed by atoms with E-state index in [-0.39, 0.29) is 11.6 Å². The lowest BCUT2D eigenvalue weighted by atomic mass is 10.1. The number of aryl methyl sites for hydroxylation is 1. The SMILES string of the molecule is Cc1cc(-c2ccc(O)cn2)ccc1F. The van der Waals surface area contributed by atoms with Crippen molar-refractivity contribution in [3.05, 3.63) is 47.9 Å². The molecule has 0 spiro atoms. The van der Waals surface area contributed by atoms with Crippen LogP contribution in [0.25, 0.3) is 11.3 Å². The second kappa shape index (κ2) is 3.69. The molecule has 2 nitrogen and oxygen atoms in total. The van der Waals surface area contributed by atoms with Gasteiger partial charge in [0, 0.05) is 5.56 Å². The first-order valence-electron chi connectivity index (χ1n) is 4.58. The van der Waals surface area contributed by atoms with Crippen LogP contribution in [0.15, 0.2) is 36.5 Å². The summed E-state index contributed by atoms with van der Waals surface area (Å²) in [6.45, 7) is 1.71. The van der Waals surface area contributed by atoms with Crippen molar-refractivity contribution in [3.8, 4) is 17.0 Å². The van der Waals surface area contributed by atoms with E-state index < -0.39 is 0 Å². The van der Waals surface area contributed by atoms with Crippen molar-refractivity contribution in [2.24, 2.45) is 0 Å². The average Bonchev–Trinajstić information content (AvgIpc) is 2.23. The van der Waals surface area contributed by atoms with E-state index in [1.54, 1.807) is 31.2 Å². The Bertz CT molecular complexity index is 479. The number of hydrogen-bond donors (Lipinski definition) is 1. The lowest BCUT2D eigenvalue weighted by Crippen LogP contribution is -1.86. The average molecular weight is 203 g/mol. The van der Waals surface area contributed by atoms with Crippen molar-refractivity contribution in [1.29, 1.82) is 0 Å². The molecule has 3 heteroatoms. The smallest absolute Gasteiger partial charge is 0.133 e. The van der Waals surface area contributed by atoms with Crippen LogP contribution in [-0.2, 0) is 0 Å². The van der Waals surface area contributed by atoms with Crippen LogP contribution in [0.1, 0.15) is 5.56 Å². The van der Waals surface area contributed by atoms with E-state index in [2.05, 4.69) is 4.98 Å². The van der Waals surface area contributed by atoms with Crippen molar-refractivity contribution >= 4 is 0 Å². The Morgan fingerprint density at radius 2 is 2.00 bits per heavy atom. The molecule has 1 N–H and O–H groups in total. The molecule has 1 heterocycles. The van der Waals surface area contributed by atoms with Gasteiger partial charge in [-0.1, -0.05) is 0 Å². The van der Waals surface area contributed by atoms with E-state index in [9.17, 15) is 4.39 Å². The van der Waals surface area contributed by atoms with Gasteiger partial charge in [-0.05, 0) is 42.8 Å². The summed E-state index contributed by atoms with van der Waals surface area (Å²) in [7, 11) is 0. The fourth-order valence-electron chi connectivity index (χ4n) is 1.36. The van der Waals surface area contributed by atoms with Gasteiger partial charge in [-0.3, -0.25) is 4.98 Å². The number of rotatable bonds is 1. The molecule has 15 heavy (non-hydrogen) atoms. The molecule has 0 aliphatic rings. The Kier molecular flexibility index (Phi) is 2.37. The van der Waals surface area contributed by atoms with Crippen LogP contribution >= 0.6 is 0 Å². The summed E-state index contributed by atoms with van der Waals surface area (Å²) in [6, 6.07) is 8.07. The minimum absolute atomic E-state index is 0.123. The Morgan fingerprint density at radius 1 is 1.20 bits per heavy atom. The quantitative estimate of drug-likeness (QED) is 0.773. The highest BCUT2D eigenvalue weighted by atomic mass is 19.1. The fraction of sp³-hybridized carbons (Fsp3) is 0.0833. The predicted molar refractivity (Wildman–Crippen MR) is 56.0 cm³/mol. The zero-order chi connectivity index (χ0) is 10.8. The molecule has 0 atom stereocenters. The second-order valence-electron chi connectivity index (χ2n) is 3.37. The largest absolute Gasteiger partial charge is 0.506 e. The van der Waals surface area contributed by atoms with Gasteiger partial charge >= 0.3 is 0 Å². The first-order valence-corrected chi connectivity index (χ1v) is 4.58. The van der Waals surface area contributed by atoms with Crippen LogP contribution in [0.5, 0.6) is 5.75 Å². The van der Waals surface area contributed by atoms with Gasteiger partial charge in [0.2, 0.25) is 0 Å². The maximum absolute atomic E-state index is 13.0. The summed E-state index contributed by atoms with van der Waals surface area (Å²) in [5.41, 5.74) is 2.15. The highest BCUT2D eigenvalue weighted by Crippen LogP contribution is 2.21. The van der Waals surface area contributed by atoms with Gasteiger partial charge in [0.25, 0.3) is 0 Å². The highest BCUT2D eigenvalue weighted by molar-refractivity contribution is 5.60. The molecule has 0 radical (unpaired) electrons. The minimum atomic E-state index is -0.225. The lowest BCUT2D eigenvalue weighted by Gasteiger charge is -2.02. The summed E-state index contributed by atoms with van der Waals surface area (Å²) < 4.78 is 13.0. The number of aromatic nitrogens is 1. The summed E-state index contributed by atoms with van der Waals surface area (Å²) >= 11 is 0. The Hall–Kier alpha value is -1.90. The van der Waals surface area contributed by atoms with Crippen LogP contribution in [-0.4, -0.2) is 10.1 Å². The summed E-state index contributed by atoms with van der Waals surface area (Å²) in [5.74, 6) is -0.102. The van der Waals surface area contributed by atoms with Gasteiger partial charge in [0.05, 0.1) is 11.9 Å². The Balaban J connectivity index is 2.45. The summed E-state index contributed by atoms with van der Waals surface area (Å²) in [5, 5.41) is 9.08. The van der Waals surface area contributed by atoms with E-state index in [0.717, 1.165) is 11.3 Å². The zero-order valence-corrected chi connectivity index (χ0v) is 8.24. The van der Waals surface area contributed by atoms with Crippen molar-refractivity contribution in [3.63, 3.8) is 0 Å². The molecule has 1 aromatic heterocycles. The molecule has 0 fully saturated rings. The number of nitrogens with zero attached hydrogens (tertiary/aromatic N) is 1. The van der Waals surface area contributed by atoms with Gasteiger partial charge in [-0.2, -0.15) is 0 Å². The molecule has 0 saturated carbocycles. The number of pyridine rings is 1. The van der Waals surface area contributed by atoms with Crippen LogP contribution in [0.4, 0.5) is 4.39 Å². The number of aromatic hydroxyl groups is 1. The van der Waals surface area contributed by atoms with Crippen LogP contribution in [0.3, 0.4) is 0 Å². The van der Waals surface area contributed by atoms with Crippen molar-refractivity contribution in [2.75, 3.05) is 0 Å². The van der Waals surface area contributed by atoms with Crippen LogP contribution in [0.2, 0.25) is 0 Å². The van der Waals surface area contributed by atoms with Crippen molar-refractivity contribution < 1.29 is 9.50 Å². The van der Waals surface area contributed by atoms with Gasteiger partial charge in [-0.25, -0.2) is 4.39 Å². The third-order valence-corrected chi connectivity index (χ3v) is 2.20. The van der Waals surface area contributed by atoms with E-state index in [1.807, 2.05) is 0 Å². The normalized spacial score (nSPS) is 10.3. The molecule has 2 rings (SSSR count). The molecule has 0 unspecified atom stereocenters. The van der Waals surface area contributed by atoms with Crippen LogP contribution < -0.4 is 0 Å². The maximum atomic E-state index is 13.0. The predicted octanol–water partition coefficient (Wildman–Crippen LogP) is 2.90. The number of benzene rings is 1. The fourth-order valence-corrected chi connectivity index (χ4v) is 1.36. The number of halogens is 1. The molecular formula is C12H10FNO. The van der Waals surface area contributed by atoms with E-state index in [0.29, 0.717) is 5.56 Å². The van der Waals surface area contributed by atoms with Crippen molar-refractivity contribution in [1.82, 2.24) is 4.98 Å². The molecule has 0 amide bonds. The highest BCUT2D eigenvalue weighted by Gasteiger charge is 2.02. The molecule has 76 valence electrons.